The summed E-state index contributed by atoms with van der Waals surface area (Å²) in [5.41, 5.74) is 3.11. The second-order valence-electron chi connectivity index (χ2n) is 9.36. The molecule has 9 heteroatoms. The maximum atomic E-state index is 13.7. The summed E-state index contributed by atoms with van der Waals surface area (Å²) in [6, 6.07) is 7.68. The fourth-order valence-electron chi connectivity index (χ4n) is 4.90. The standard InChI is InChI=1S/C27H31FN4O4/c1-15-14-19(6-9-21(15)28)31-26(35)22-16(2)23(32(3)24(22)17-10-12-29-13-11-17)25(34)27(36)30-18-4-7-20(33)8-5-18/h6,9-14,18,20,25,33-34H,4-5,7-8H2,1-3H3,(H,30,36)(H,31,35). The minimum Gasteiger partial charge on any atom is -0.393 e. The van der Waals surface area contributed by atoms with Gasteiger partial charge in [0.15, 0.2) is 6.10 Å². The highest BCUT2D eigenvalue weighted by Gasteiger charge is 2.32. The summed E-state index contributed by atoms with van der Waals surface area (Å²) in [5.74, 6) is -1.37. The van der Waals surface area contributed by atoms with Crippen LogP contribution in [0.25, 0.3) is 11.3 Å². The van der Waals surface area contributed by atoms with Crippen molar-refractivity contribution in [3.63, 3.8) is 0 Å². The van der Waals surface area contributed by atoms with E-state index in [-0.39, 0.29) is 18.0 Å². The monoisotopic (exact) mass is 494 g/mol. The van der Waals surface area contributed by atoms with E-state index in [4.69, 9.17) is 0 Å². The van der Waals surface area contributed by atoms with E-state index in [1.54, 1.807) is 56.1 Å². The molecule has 1 aliphatic rings. The largest absolute Gasteiger partial charge is 0.393 e. The summed E-state index contributed by atoms with van der Waals surface area (Å²) >= 11 is 0. The van der Waals surface area contributed by atoms with Gasteiger partial charge in [0.25, 0.3) is 11.8 Å². The molecule has 2 aromatic heterocycles. The molecule has 0 radical (unpaired) electrons. The van der Waals surface area contributed by atoms with Gasteiger partial charge in [0.2, 0.25) is 0 Å². The number of hydrogen-bond acceptors (Lipinski definition) is 5. The third kappa shape index (κ3) is 5.17. The first kappa shape index (κ1) is 25.5. The Morgan fingerprint density at radius 3 is 2.42 bits per heavy atom. The summed E-state index contributed by atoms with van der Waals surface area (Å²) < 4.78 is 15.4. The number of aliphatic hydroxyl groups is 2. The van der Waals surface area contributed by atoms with Crippen LogP contribution in [0.4, 0.5) is 10.1 Å². The average Bonchev–Trinajstić information content (AvgIpc) is 3.12. The van der Waals surface area contributed by atoms with Crippen molar-refractivity contribution in [1.82, 2.24) is 14.9 Å². The summed E-state index contributed by atoms with van der Waals surface area (Å²) in [6.45, 7) is 3.31. The lowest BCUT2D eigenvalue weighted by Crippen LogP contribution is -2.41. The maximum absolute atomic E-state index is 13.7. The number of halogens is 1. The Balaban J connectivity index is 1.69. The van der Waals surface area contributed by atoms with Crippen LogP contribution in [0.1, 0.15) is 59.0 Å². The van der Waals surface area contributed by atoms with Gasteiger partial charge < -0.3 is 25.4 Å². The minimum atomic E-state index is -1.50. The summed E-state index contributed by atoms with van der Waals surface area (Å²) in [7, 11) is 1.70. The van der Waals surface area contributed by atoms with Gasteiger partial charge in [-0.15, -0.1) is 0 Å². The highest BCUT2D eigenvalue weighted by Crippen LogP contribution is 2.34. The van der Waals surface area contributed by atoms with E-state index in [0.29, 0.717) is 65.0 Å². The van der Waals surface area contributed by atoms with E-state index < -0.39 is 17.9 Å². The number of amides is 2. The molecule has 1 aromatic carbocycles. The molecule has 0 aliphatic heterocycles. The van der Waals surface area contributed by atoms with E-state index in [1.807, 2.05) is 0 Å². The van der Waals surface area contributed by atoms with Crippen molar-refractivity contribution in [2.75, 3.05) is 5.32 Å². The molecule has 4 N–H and O–H groups in total. The van der Waals surface area contributed by atoms with Gasteiger partial charge in [-0.2, -0.15) is 0 Å². The average molecular weight is 495 g/mol. The molecule has 1 unspecified atom stereocenters. The van der Waals surface area contributed by atoms with Gasteiger partial charge in [-0.25, -0.2) is 4.39 Å². The van der Waals surface area contributed by atoms with Gasteiger partial charge >= 0.3 is 0 Å². The van der Waals surface area contributed by atoms with Crippen LogP contribution >= 0.6 is 0 Å². The zero-order valence-electron chi connectivity index (χ0n) is 20.6. The molecule has 0 bridgehead atoms. The molecule has 1 aliphatic carbocycles. The second kappa shape index (κ2) is 10.6. The lowest BCUT2D eigenvalue weighted by molar-refractivity contribution is -0.131. The van der Waals surface area contributed by atoms with Crippen LogP contribution in [0.5, 0.6) is 0 Å². The molecule has 8 nitrogen and oxygen atoms in total. The van der Waals surface area contributed by atoms with Crippen LogP contribution in [-0.2, 0) is 11.8 Å². The van der Waals surface area contributed by atoms with Gasteiger partial charge in [0.05, 0.1) is 23.1 Å². The number of rotatable bonds is 6. The molecule has 1 saturated carbocycles. The van der Waals surface area contributed by atoms with E-state index in [2.05, 4.69) is 15.6 Å². The van der Waals surface area contributed by atoms with Gasteiger partial charge in [-0.3, -0.25) is 14.6 Å². The first-order valence-electron chi connectivity index (χ1n) is 12.0. The number of anilines is 1. The van der Waals surface area contributed by atoms with Crippen molar-refractivity contribution < 1.29 is 24.2 Å². The molecular formula is C27H31FN4O4. The molecule has 36 heavy (non-hydrogen) atoms. The zero-order valence-corrected chi connectivity index (χ0v) is 20.6. The molecule has 1 atom stereocenters. The predicted octanol–water partition coefficient (Wildman–Crippen LogP) is 3.55. The van der Waals surface area contributed by atoms with E-state index in [9.17, 15) is 24.2 Å². The lowest BCUT2D eigenvalue weighted by atomic mass is 9.93. The topological polar surface area (TPSA) is 116 Å². The zero-order chi connectivity index (χ0) is 26.0. The van der Waals surface area contributed by atoms with Gasteiger partial charge in [0, 0.05) is 36.7 Å². The van der Waals surface area contributed by atoms with Crippen LogP contribution in [0.15, 0.2) is 42.7 Å². The van der Waals surface area contributed by atoms with Crippen LogP contribution in [0.2, 0.25) is 0 Å². The molecular weight excluding hydrogens is 463 g/mol. The Hall–Kier alpha value is -3.56. The number of aryl methyl sites for hydroxylation is 1. The third-order valence-corrected chi connectivity index (χ3v) is 6.84. The van der Waals surface area contributed by atoms with Crippen molar-refractivity contribution in [1.29, 1.82) is 0 Å². The van der Waals surface area contributed by atoms with Crippen molar-refractivity contribution >= 4 is 17.5 Å². The predicted molar refractivity (Wildman–Crippen MR) is 134 cm³/mol. The van der Waals surface area contributed by atoms with Crippen LogP contribution < -0.4 is 10.6 Å². The second-order valence-corrected chi connectivity index (χ2v) is 9.36. The number of carbonyl (C=O) groups excluding carboxylic acids is 2. The number of hydrogen-bond donors (Lipinski definition) is 4. The number of aromatic nitrogens is 2. The molecule has 0 saturated heterocycles. The number of nitrogens with zero attached hydrogens (tertiary/aromatic N) is 2. The van der Waals surface area contributed by atoms with Crippen molar-refractivity contribution in [3.8, 4) is 11.3 Å². The summed E-state index contributed by atoms with van der Waals surface area (Å²) in [5, 5.41) is 26.5. The van der Waals surface area contributed by atoms with Gasteiger partial charge in [-0.1, -0.05) is 0 Å². The molecule has 2 amide bonds. The van der Waals surface area contributed by atoms with Crippen LogP contribution in [0, 0.1) is 19.7 Å². The Morgan fingerprint density at radius 1 is 1.11 bits per heavy atom. The summed E-state index contributed by atoms with van der Waals surface area (Å²) in [4.78, 5) is 30.5. The lowest BCUT2D eigenvalue weighted by Gasteiger charge is -2.27. The van der Waals surface area contributed by atoms with Crippen molar-refractivity contribution in [3.05, 3.63) is 70.9 Å². The van der Waals surface area contributed by atoms with Gasteiger partial charge in [-0.05, 0) is 81.0 Å². The Labute approximate surface area is 209 Å². The number of carbonyl (C=O) groups is 2. The molecule has 0 spiro atoms. The number of aliphatic hydroxyl groups excluding tert-OH is 2. The van der Waals surface area contributed by atoms with Crippen LogP contribution in [0.3, 0.4) is 0 Å². The Morgan fingerprint density at radius 2 is 1.78 bits per heavy atom. The Kier molecular flexibility index (Phi) is 7.51. The number of pyridine rings is 1. The fourth-order valence-corrected chi connectivity index (χ4v) is 4.90. The van der Waals surface area contributed by atoms with E-state index >= 15 is 0 Å². The van der Waals surface area contributed by atoms with Crippen molar-refractivity contribution in [2.45, 2.75) is 57.8 Å². The molecule has 190 valence electrons. The first-order chi connectivity index (χ1) is 17.2. The van der Waals surface area contributed by atoms with Crippen molar-refractivity contribution in [2.24, 2.45) is 7.05 Å². The molecule has 2 heterocycles. The van der Waals surface area contributed by atoms with E-state index in [1.165, 1.54) is 12.1 Å². The highest BCUT2D eigenvalue weighted by atomic mass is 19.1. The number of nitrogens with one attached hydrogen (secondary N) is 2. The summed E-state index contributed by atoms with van der Waals surface area (Å²) in [6.07, 6.45) is 3.82. The van der Waals surface area contributed by atoms with Crippen LogP contribution in [-0.4, -0.2) is 43.7 Å². The molecule has 4 rings (SSSR count). The minimum absolute atomic E-state index is 0.125. The quantitative estimate of drug-likeness (QED) is 0.418. The highest BCUT2D eigenvalue weighted by molar-refractivity contribution is 6.10. The maximum Gasteiger partial charge on any atom is 0.258 e. The van der Waals surface area contributed by atoms with Gasteiger partial charge in [0.1, 0.15) is 5.82 Å². The normalized spacial score (nSPS) is 18.5. The molecule has 1 fully saturated rings. The Bertz CT molecular complexity index is 1270. The smallest absolute Gasteiger partial charge is 0.258 e. The molecule has 3 aromatic rings. The van der Waals surface area contributed by atoms with E-state index in [0.717, 1.165) is 0 Å². The fraction of sp³-hybridized carbons (Fsp3) is 0.370. The SMILES string of the molecule is Cc1cc(NC(=O)c2c(C)c(C(O)C(=O)NC3CCC(O)CC3)n(C)c2-c2ccncc2)ccc1F. The number of benzene rings is 1. The first-order valence-corrected chi connectivity index (χ1v) is 12.0. The third-order valence-electron chi connectivity index (χ3n) is 6.84.